The van der Waals surface area contributed by atoms with Gasteiger partial charge in [-0.1, -0.05) is 6.92 Å². The summed E-state index contributed by atoms with van der Waals surface area (Å²) in [6.07, 6.45) is 5.19. The molecule has 2 aliphatic rings. The molecule has 14 heavy (non-hydrogen) atoms. The predicted octanol–water partition coefficient (Wildman–Crippen LogP) is 1.58. The summed E-state index contributed by atoms with van der Waals surface area (Å²) in [7, 11) is 0. The number of nitrogens with zero attached hydrogens (tertiary/aromatic N) is 1. The number of aliphatic imine (C=N–C) groups is 1. The highest BCUT2D eigenvalue weighted by molar-refractivity contribution is 5.83. The number of amidine groups is 1. The zero-order chi connectivity index (χ0) is 9.80. The molecule has 2 atom stereocenters. The maximum absolute atomic E-state index is 5.65. The van der Waals surface area contributed by atoms with Gasteiger partial charge in [-0.15, -0.1) is 0 Å². The molecule has 0 aliphatic carbocycles. The van der Waals surface area contributed by atoms with Gasteiger partial charge in [-0.3, -0.25) is 4.99 Å². The van der Waals surface area contributed by atoms with Gasteiger partial charge in [0.15, 0.2) is 0 Å². The molecular weight excluding hydrogens is 176 g/mol. The highest BCUT2D eigenvalue weighted by atomic mass is 16.5. The van der Waals surface area contributed by atoms with Crippen molar-refractivity contribution in [3.05, 3.63) is 0 Å². The Labute approximate surface area is 85.9 Å². The second-order valence-corrected chi connectivity index (χ2v) is 4.18. The lowest BCUT2D eigenvalue weighted by Gasteiger charge is -2.17. The highest BCUT2D eigenvalue weighted by Gasteiger charge is 2.26. The topological polar surface area (TPSA) is 33.6 Å². The van der Waals surface area contributed by atoms with E-state index in [4.69, 9.17) is 4.74 Å². The molecule has 0 aromatic rings. The minimum Gasteiger partial charge on any atom is -0.378 e. The van der Waals surface area contributed by atoms with Crippen LogP contribution in [0.1, 0.15) is 32.6 Å². The van der Waals surface area contributed by atoms with Crippen LogP contribution < -0.4 is 5.32 Å². The molecule has 0 spiro atoms. The minimum absolute atomic E-state index is 0.476. The Hall–Kier alpha value is -0.570. The monoisotopic (exact) mass is 196 g/mol. The SMILES string of the molecule is CCC1OCCC1CNC1=NCCC1. The summed E-state index contributed by atoms with van der Waals surface area (Å²) in [6.45, 7) is 5.21. The van der Waals surface area contributed by atoms with Crippen molar-refractivity contribution in [1.29, 1.82) is 0 Å². The largest absolute Gasteiger partial charge is 0.378 e. The number of hydrogen-bond acceptors (Lipinski definition) is 3. The second kappa shape index (κ2) is 4.78. The lowest BCUT2D eigenvalue weighted by Crippen LogP contribution is -2.31. The molecule has 3 nitrogen and oxygen atoms in total. The normalized spacial score (nSPS) is 31.9. The van der Waals surface area contributed by atoms with Gasteiger partial charge >= 0.3 is 0 Å². The van der Waals surface area contributed by atoms with E-state index < -0.39 is 0 Å². The van der Waals surface area contributed by atoms with Crippen LogP contribution >= 0.6 is 0 Å². The summed E-state index contributed by atoms with van der Waals surface area (Å²) in [5.74, 6) is 1.91. The summed E-state index contributed by atoms with van der Waals surface area (Å²) in [5, 5.41) is 3.46. The van der Waals surface area contributed by atoms with Crippen LogP contribution in [0.4, 0.5) is 0 Å². The Morgan fingerprint density at radius 3 is 3.21 bits per heavy atom. The van der Waals surface area contributed by atoms with Crippen LogP contribution in [0.5, 0.6) is 0 Å². The Morgan fingerprint density at radius 2 is 2.50 bits per heavy atom. The van der Waals surface area contributed by atoms with Gasteiger partial charge in [0.25, 0.3) is 0 Å². The fourth-order valence-corrected chi connectivity index (χ4v) is 2.31. The van der Waals surface area contributed by atoms with E-state index in [1.54, 1.807) is 0 Å². The summed E-state index contributed by atoms with van der Waals surface area (Å²) >= 11 is 0. The number of hydrogen-bond donors (Lipinski definition) is 1. The van der Waals surface area contributed by atoms with Crippen LogP contribution in [0.2, 0.25) is 0 Å². The molecule has 1 fully saturated rings. The summed E-state index contributed by atoms with van der Waals surface area (Å²) in [5.41, 5.74) is 0. The molecule has 2 aliphatic heterocycles. The van der Waals surface area contributed by atoms with Crippen molar-refractivity contribution in [1.82, 2.24) is 5.32 Å². The van der Waals surface area contributed by atoms with E-state index in [-0.39, 0.29) is 0 Å². The third-order valence-electron chi connectivity index (χ3n) is 3.19. The van der Waals surface area contributed by atoms with Crippen molar-refractivity contribution in [2.45, 2.75) is 38.7 Å². The Kier molecular flexibility index (Phi) is 3.40. The van der Waals surface area contributed by atoms with Gasteiger partial charge in [0.1, 0.15) is 0 Å². The van der Waals surface area contributed by atoms with Crippen molar-refractivity contribution < 1.29 is 4.74 Å². The van der Waals surface area contributed by atoms with Crippen molar-refractivity contribution in [3.8, 4) is 0 Å². The average molecular weight is 196 g/mol. The molecule has 0 amide bonds. The van der Waals surface area contributed by atoms with Crippen molar-refractivity contribution >= 4 is 5.84 Å². The first kappa shape index (κ1) is 9.97. The third-order valence-corrected chi connectivity index (χ3v) is 3.19. The Bertz CT molecular complexity index is 215. The lowest BCUT2D eigenvalue weighted by atomic mass is 10.00. The van der Waals surface area contributed by atoms with Crippen molar-refractivity contribution in [2.75, 3.05) is 19.7 Å². The standard InChI is InChI=1S/C11H20N2O/c1-2-10-9(5-7-14-10)8-13-11-4-3-6-12-11/h9-10H,2-8H2,1H3,(H,12,13). The predicted molar refractivity (Wildman–Crippen MR) is 57.7 cm³/mol. The maximum Gasteiger partial charge on any atom is 0.0963 e. The van der Waals surface area contributed by atoms with Crippen molar-refractivity contribution in [3.63, 3.8) is 0 Å². The van der Waals surface area contributed by atoms with Gasteiger partial charge in [0.2, 0.25) is 0 Å². The molecule has 0 saturated carbocycles. The minimum atomic E-state index is 0.476. The smallest absolute Gasteiger partial charge is 0.0963 e. The highest BCUT2D eigenvalue weighted by Crippen LogP contribution is 2.22. The molecule has 0 aromatic heterocycles. The summed E-state index contributed by atoms with van der Waals surface area (Å²) in [6, 6.07) is 0. The van der Waals surface area contributed by atoms with Gasteiger partial charge in [-0.25, -0.2) is 0 Å². The zero-order valence-electron chi connectivity index (χ0n) is 8.96. The van der Waals surface area contributed by atoms with Crippen LogP contribution in [-0.4, -0.2) is 31.6 Å². The first-order valence-electron chi connectivity index (χ1n) is 5.79. The summed E-state index contributed by atoms with van der Waals surface area (Å²) < 4.78 is 5.65. The van der Waals surface area contributed by atoms with E-state index in [9.17, 15) is 0 Å². The van der Waals surface area contributed by atoms with Crippen LogP contribution in [0.15, 0.2) is 4.99 Å². The molecule has 2 unspecified atom stereocenters. The molecule has 2 heterocycles. The van der Waals surface area contributed by atoms with Gasteiger partial charge in [0, 0.05) is 32.0 Å². The van der Waals surface area contributed by atoms with Gasteiger partial charge in [-0.2, -0.15) is 0 Å². The molecule has 1 N–H and O–H groups in total. The fourth-order valence-electron chi connectivity index (χ4n) is 2.31. The van der Waals surface area contributed by atoms with Gasteiger partial charge in [-0.05, 0) is 19.3 Å². The van der Waals surface area contributed by atoms with E-state index in [1.165, 1.54) is 18.7 Å². The molecule has 3 heteroatoms. The molecule has 0 radical (unpaired) electrons. The van der Waals surface area contributed by atoms with E-state index in [0.29, 0.717) is 12.0 Å². The quantitative estimate of drug-likeness (QED) is 0.743. The van der Waals surface area contributed by atoms with E-state index in [0.717, 1.165) is 32.5 Å². The Balaban J connectivity index is 1.74. The molecule has 2 rings (SSSR count). The van der Waals surface area contributed by atoms with Crippen LogP contribution in [0, 0.1) is 5.92 Å². The molecule has 0 bridgehead atoms. The number of rotatable bonds is 3. The first-order chi connectivity index (χ1) is 6.90. The van der Waals surface area contributed by atoms with Crippen molar-refractivity contribution in [2.24, 2.45) is 10.9 Å². The second-order valence-electron chi connectivity index (χ2n) is 4.18. The molecular formula is C11H20N2O. The third kappa shape index (κ3) is 2.27. The number of ether oxygens (including phenoxy) is 1. The molecule has 1 saturated heterocycles. The lowest BCUT2D eigenvalue weighted by molar-refractivity contribution is 0.0883. The van der Waals surface area contributed by atoms with Crippen LogP contribution in [0.3, 0.4) is 0 Å². The Morgan fingerprint density at radius 1 is 1.57 bits per heavy atom. The number of nitrogens with one attached hydrogen (secondary N) is 1. The zero-order valence-corrected chi connectivity index (χ0v) is 8.96. The maximum atomic E-state index is 5.65. The molecule has 80 valence electrons. The van der Waals surface area contributed by atoms with Gasteiger partial charge < -0.3 is 10.1 Å². The fraction of sp³-hybridized carbons (Fsp3) is 0.909. The average Bonchev–Trinajstić information content (AvgIpc) is 2.85. The van der Waals surface area contributed by atoms with Gasteiger partial charge in [0.05, 0.1) is 11.9 Å². The van der Waals surface area contributed by atoms with Crippen LogP contribution in [-0.2, 0) is 4.74 Å². The van der Waals surface area contributed by atoms with E-state index in [2.05, 4.69) is 17.2 Å². The van der Waals surface area contributed by atoms with E-state index in [1.807, 2.05) is 0 Å². The van der Waals surface area contributed by atoms with E-state index >= 15 is 0 Å². The molecule has 0 aromatic carbocycles. The van der Waals surface area contributed by atoms with Crippen LogP contribution in [0.25, 0.3) is 0 Å². The summed E-state index contributed by atoms with van der Waals surface area (Å²) in [4.78, 5) is 4.41. The first-order valence-corrected chi connectivity index (χ1v) is 5.79.